The molecule has 0 radical (unpaired) electrons. The van der Waals surface area contributed by atoms with Crippen molar-refractivity contribution in [2.24, 2.45) is 0 Å². The van der Waals surface area contributed by atoms with Crippen LogP contribution in [0.25, 0.3) is 11.1 Å². The molecule has 3 rings (SSSR count). The van der Waals surface area contributed by atoms with Crippen LogP contribution < -0.4 is 10.2 Å². The molecule has 0 amide bonds. The van der Waals surface area contributed by atoms with Gasteiger partial charge >= 0.3 is 7.12 Å². The van der Waals surface area contributed by atoms with E-state index in [0.29, 0.717) is 22.3 Å². The third kappa shape index (κ3) is 4.40. The molecule has 0 bridgehead atoms. The highest BCUT2D eigenvalue weighted by molar-refractivity contribution is 7.86. The first-order chi connectivity index (χ1) is 13.9. The van der Waals surface area contributed by atoms with E-state index in [1.54, 1.807) is 30.3 Å². The lowest BCUT2D eigenvalue weighted by Crippen LogP contribution is -2.41. The van der Waals surface area contributed by atoms with Crippen LogP contribution in [-0.2, 0) is 24.2 Å². The van der Waals surface area contributed by atoms with E-state index >= 15 is 0 Å². The summed E-state index contributed by atoms with van der Waals surface area (Å²) in [5, 5.41) is 0. The Hall–Kier alpha value is -1.91. The molecule has 162 valence electrons. The molecule has 7 nitrogen and oxygen atoms in total. The Morgan fingerprint density at radius 3 is 2.23 bits per heavy atom. The zero-order chi connectivity index (χ0) is 22.3. The van der Waals surface area contributed by atoms with Gasteiger partial charge in [-0.15, -0.1) is 0 Å². The highest BCUT2D eigenvalue weighted by Crippen LogP contribution is 2.38. The van der Waals surface area contributed by atoms with Crippen LogP contribution >= 0.6 is 0 Å². The summed E-state index contributed by atoms with van der Waals surface area (Å²) in [5.74, 6) is 0.440. The van der Waals surface area contributed by atoms with Gasteiger partial charge in [-0.2, -0.15) is 8.42 Å². The van der Waals surface area contributed by atoms with Gasteiger partial charge in [0.2, 0.25) is 0 Å². The monoisotopic (exact) mass is 434 g/mol. The van der Waals surface area contributed by atoms with E-state index in [0.717, 1.165) is 5.56 Å². The van der Waals surface area contributed by atoms with Gasteiger partial charge in [-0.25, -0.2) is 0 Å². The Morgan fingerprint density at radius 2 is 1.67 bits per heavy atom. The summed E-state index contributed by atoms with van der Waals surface area (Å²) < 4.78 is 56.5. The summed E-state index contributed by atoms with van der Waals surface area (Å²) in [7, 11) is -3.55. The van der Waals surface area contributed by atoms with Crippen molar-refractivity contribution in [3.8, 4) is 16.9 Å². The fourth-order valence-corrected chi connectivity index (χ4v) is 3.90. The van der Waals surface area contributed by atoms with Crippen molar-refractivity contribution in [3.63, 3.8) is 0 Å². The lowest BCUT2D eigenvalue weighted by Gasteiger charge is -2.32. The maximum atomic E-state index is 11.9. The molecule has 0 spiro atoms. The molecule has 1 N–H and O–H groups in total. The minimum atomic E-state index is -4.40. The molecule has 1 saturated heterocycles. The van der Waals surface area contributed by atoms with Crippen molar-refractivity contribution in [1.82, 2.24) is 0 Å². The minimum Gasteiger partial charge on any atom is -0.468 e. The normalized spacial score (nSPS) is 17.9. The molecular weight excluding hydrogens is 407 g/mol. The van der Waals surface area contributed by atoms with Gasteiger partial charge in [0.1, 0.15) is 10.6 Å². The van der Waals surface area contributed by atoms with Gasteiger partial charge < -0.3 is 18.8 Å². The molecule has 0 aliphatic carbocycles. The molecule has 2 aromatic carbocycles. The second-order valence-corrected chi connectivity index (χ2v) is 9.76. The van der Waals surface area contributed by atoms with Gasteiger partial charge in [0.15, 0.2) is 6.79 Å². The van der Waals surface area contributed by atoms with Crippen LogP contribution in [0.15, 0.2) is 41.3 Å². The van der Waals surface area contributed by atoms with Crippen molar-refractivity contribution in [2.45, 2.75) is 50.7 Å². The standard InChI is InChI=1S/C21H27BO7S/c1-14-7-10-19(30(23,24)25)16(11-14)15-8-9-17(18(12-15)27-13-26-6)22-28-20(2,3)21(4,5)29-22/h7-12H,13H2,1-6H3,(H,23,24,25). The first-order valence-electron chi connectivity index (χ1n) is 9.55. The maximum absolute atomic E-state index is 11.9. The second-order valence-electron chi connectivity index (χ2n) is 8.37. The van der Waals surface area contributed by atoms with E-state index in [4.69, 9.17) is 18.8 Å². The number of rotatable bonds is 6. The second kappa shape index (κ2) is 7.98. The fraction of sp³-hybridized carbons (Fsp3) is 0.429. The Bertz CT molecular complexity index is 1030. The number of methoxy groups -OCH3 is 1. The van der Waals surface area contributed by atoms with E-state index in [2.05, 4.69) is 0 Å². The Kier molecular flexibility index (Phi) is 6.05. The first-order valence-corrected chi connectivity index (χ1v) is 11.0. The van der Waals surface area contributed by atoms with Crippen LogP contribution in [0.5, 0.6) is 5.75 Å². The quantitative estimate of drug-likeness (QED) is 0.424. The average molecular weight is 434 g/mol. The van der Waals surface area contributed by atoms with Crippen molar-refractivity contribution in [1.29, 1.82) is 0 Å². The molecule has 30 heavy (non-hydrogen) atoms. The zero-order valence-corrected chi connectivity index (χ0v) is 18.9. The molecule has 0 atom stereocenters. The highest BCUT2D eigenvalue weighted by atomic mass is 32.2. The van der Waals surface area contributed by atoms with Gasteiger partial charge in [0.25, 0.3) is 10.1 Å². The van der Waals surface area contributed by atoms with Crippen LogP contribution in [0.3, 0.4) is 0 Å². The van der Waals surface area contributed by atoms with Crippen LogP contribution in [0.4, 0.5) is 0 Å². The van der Waals surface area contributed by atoms with E-state index in [-0.39, 0.29) is 11.7 Å². The van der Waals surface area contributed by atoms with Crippen molar-refractivity contribution in [3.05, 3.63) is 42.0 Å². The number of hydrogen-bond donors (Lipinski definition) is 1. The van der Waals surface area contributed by atoms with Crippen LogP contribution in [0.2, 0.25) is 0 Å². The van der Waals surface area contributed by atoms with Crippen molar-refractivity contribution in [2.75, 3.05) is 13.9 Å². The summed E-state index contributed by atoms with van der Waals surface area (Å²) in [5.41, 5.74) is 1.41. The zero-order valence-electron chi connectivity index (χ0n) is 18.1. The number of benzene rings is 2. The summed E-state index contributed by atoms with van der Waals surface area (Å²) >= 11 is 0. The van der Waals surface area contributed by atoms with E-state index < -0.39 is 28.4 Å². The van der Waals surface area contributed by atoms with Gasteiger partial charge in [0.05, 0.1) is 11.2 Å². The lowest BCUT2D eigenvalue weighted by molar-refractivity contribution is 0.00578. The van der Waals surface area contributed by atoms with Crippen molar-refractivity contribution < 1.29 is 31.8 Å². The Balaban J connectivity index is 2.10. The number of aryl methyl sites for hydroxylation is 1. The molecule has 1 fully saturated rings. The predicted octanol–water partition coefficient (Wildman–Crippen LogP) is 3.19. The lowest BCUT2D eigenvalue weighted by atomic mass is 9.77. The smallest absolute Gasteiger partial charge is 0.468 e. The summed E-state index contributed by atoms with van der Waals surface area (Å²) in [6.45, 7) is 9.68. The summed E-state index contributed by atoms with van der Waals surface area (Å²) in [4.78, 5) is -0.172. The predicted molar refractivity (Wildman–Crippen MR) is 115 cm³/mol. The largest absolute Gasteiger partial charge is 0.498 e. The van der Waals surface area contributed by atoms with Gasteiger partial charge in [-0.1, -0.05) is 29.8 Å². The van der Waals surface area contributed by atoms with E-state index in [1.807, 2.05) is 34.6 Å². The van der Waals surface area contributed by atoms with E-state index in [9.17, 15) is 13.0 Å². The molecule has 2 aromatic rings. The van der Waals surface area contributed by atoms with Crippen LogP contribution in [-0.4, -0.2) is 45.2 Å². The topological polar surface area (TPSA) is 91.3 Å². The number of hydrogen-bond acceptors (Lipinski definition) is 6. The third-order valence-corrected chi connectivity index (χ3v) is 6.49. The SMILES string of the molecule is COCOc1cc(-c2cc(C)ccc2S(=O)(=O)O)ccc1B1OC(C)(C)C(C)(C)O1. The van der Waals surface area contributed by atoms with Gasteiger partial charge in [-0.3, -0.25) is 4.55 Å². The maximum Gasteiger partial charge on any atom is 0.498 e. The molecule has 1 aliphatic rings. The molecule has 1 heterocycles. The molecule has 9 heteroatoms. The average Bonchev–Trinajstić information content (AvgIpc) is 2.86. The van der Waals surface area contributed by atoms with Crippen molar-refractivity contribution >= 4 is 22.7 Å². The molecule has 1 aliphatic heterocycles. The summed E-state index contributed by atoms with van der Waals surface area (Å²) in [6.07, 6.45) is 0. The number of ether oxygens (including phenoxy) is 2. The molecule has 0 saturated carbocycles. The van der Waals surface area contributed by atoms with Gasteiger partial charge in [-0.05, 0) is 52.3 Å². The van der Waals surface area contributed by atoms with E-state index in [1.165, 1.54) is 13.2 Å². The molecule has 0 aromatic heterocycles. The Morgan fingerprint density at radius 1 is 1.03 bits per heavy atom. The summed E-state index contributed by atoms with van der Waals surface area (Å²) in [6, 6.07) is 9.95. The first kappa shape index (κ1) is 22.8. The Labute approximate surface area is 178 Å². The van der Waals surface area contributed by atoms with Crippen LogP contribution in [0.1, 0.15) is 33.3 Å². The minimum absolute atomic E-state index is 0.00503. The molecule has 0 unspecified atom stereocenters. The fourth-order valence-electron chi connectivity index (χ4n) is 3.21. The third-order valence-electron chi connectivity index (χ3n) is 5.58. The highest BCUT2D eigenvalue weighted by Gasteiger charge is 2.52. The van der Waals surface area contributed by atoms with Crippen LogP contribution in [0, 0.1) is 6.92 Å². The van der Waals surface area contributed by atoms with Gasteiger partial charge in [0, 0.05) is 18.1 Å². The molecular formula is C21H27BO7S.